The van der Waals surface area contributed by atoms with Crippen LogP contribution in [0.1, 0.15) is 73.5 Å². The third-order valence-electron chi connectivity index (χ3n) is 7.63. The molecule has 2 aromatic carbocycles. The molecule has 1 aliphatic rings. The van der Waals surface area contributed by atoms with Gasteiger partial charge in [-0.05, 0) is 88.3 Å². The van der Waals surface area contributed by atoms with E-state index >= 15 is 0 Å². The summed E-state index contributed by atoms with van der Waals surface area (Å²) in [7, 11) is 0. The Balaban J connectivity index is 1.73. The van der Waals surface area contributed by atoms with Crippen LogP contribution in [0.25, 0.3) is 22.8 Å². The minimum atomic E-state index is -0.539. The summed E-state index contributed by atoms with van der Waals surface area (Å²) in [6.45, 7) is 14.6. The van der Waals surface area contributed by atoms with Crippen LogP contribution in [-0.4, -0.2) is 65.1 Å². The highest BCUT2D eigenvalue weighted by molar-refractivity contribution is 6.35. The quantitative estimate of drug-likeness (QED) is 0.193. The Hall–Kier alpha value is -3.79. The highest BCUT2D eigenvalue weighted by Gasteiger charge is 2.28. The molecule has 0 aliphatic carbocycles. The summed E-state index contributed by atoms with van der Waals surface area (Å²) in [4.78, 5) is 31.5. The number of aliphatic hydroxyl groups excluding tert-OH is 1. The molecule has 2 amide bonds. The monoisotopic (exact) mass is 575 g/mol. The molecular weight excluding hydrogens is 533 g/mol. The Morgan fingerprint density at radius 3 is 2.43 bits per heavy atom. The predicted molar refractivity (Wildman–Crippen MR) is 167 cm³/mol. The van der Waals surface area contributed by atoms with Crippen LogP contribution in [-0.2, 0) is 4.79 Å². The number of hydrogen-bond donors (Lipinski definition) is 5. The number of amides is 2. The Bertz CT molecular complexity index is 1460. The van der Waals surface area contributed by atoms with Gasteiger partial charge in [0.1, 0.15) is 5.82 Å². The number of hydrogen-bond acceptors (Lipinski definition) is 5. The molecule has 2 heterocycles. The molecule has 1 aliphatic heterocycles. The molecule has 0 fully saturated rings. The summed E-state index contributed by atoms with van der Waals surface area (Å²) in [6, 6.07) is 11.3. The fourth-order valence-corrected chi connectivity index (χ4v) is 5.46. The minimum Gasteiger partial charge on any atom is -0.390 e. The summed E-state index contributed by atoms with van der Waals surface area (Å²) in [5.41, 5.74) is 6.36. The zero-order valence-electron chi connectivity index (χ0n) is 25.3. The number of H-pyrrole nitrogens is 1. The van der Waals surface area contributed by atoms with E-state index in [4.69, 9.17) is 0 Å². The van der Waals surface area contributed by atoms with E-state index < -0.39 is 6.10 Å². The highest BCUT2D eigenvalue weighted by Crippen LogP contribution is 2.39. The number of nitrogens with one attached hydrogen (secondary N) is 4. The number of carbonyl (C=O) groups is 2. The van der Waals surface area contributed by atoms with Crippen molar-refractivity contribution in [3.8, 4) is 11.1 Å². The summed E-state index contributed by atoms with van der Waals surface area (Å²) in [5, 5.41) is 19.9. The van der Waals surface area contributed by atoms with Gasteiger partial charge in [0.15, 0.2) is 0 Å². The standard InChI is InChI=1S/C33H42FN5O3/c1-7-39(8-2)18-25(40)17-35-20(5)30-21(6)37-29(31(30)22-9-12-24(34)13-10-22)16-27-26-15-23(32(41)36-19(3)4)11-14-28(26)38-33(27)42/h9-16,19-20,25,35,37,40H,7-8,17-18H2,1-6H3,(H,36,41)(H,38,42). The summed E-state index contributed by atoms with van der Waals surface area (Å²) >= 11 is 0. The van der Waals surface area contributed by atoms with Gasteiger partial charge in [0.05, 0.1) is 11.7 Å². The lowest BCUT2D eigenvalue weighted by Crippen LogP contribution is -2.39. The van der Waals surface area contributed by atoms with Crippen LogP contribution in [0.15, 0.2) is 42.5 Å². The van der Waals surface area contributed by atoms with E-state index in [1.807, 2.05) is 27.7 Å². The number of halogens is 1. The lowest BCUT2D eigenvalue weighted by molar-refractivity contribution is -0.110. The van der Waals surface area contributed by atoms with Gasteiger partial charge in [0, 0.05) is 58.9 Å². The van der Waals surface area contributed by atoms with Crippen molar-refractivity contribution < 1.29 is 19.1 Å². The Morgan fingerprint density at radius 1 is 1.10 bits per heavy atom. The number of carbonyl (C=O) groups excluding carboxylic acids is 2. The molecule has 4 rings (SSSR count). The average Bonchev–Trinajstić information content (AvgIpc) is 3.45. The second-order valence-electron chi connectivity index (χ2n) is 11.1. The number of aliphatic hydroxyl groups is 1. The lowest BCUT2D eigenvalue weighted by Gasteiger charge is -2.24. The molecule has 1 aromatic heterocycles. The largest absolute Gasteiger partial charge is 0.390 e. The second kappa shape index (κ2) is 13.5. The molecule has 5 N–H and O–H groups in total. The van der Waals surface area contributed by atoms with Gasteiger partial charge in [0.2, 0.25) is 0 Å². The van der Waals surface area contributed by atoms with Crippen LogP contribution >= 0.6 is 0 Å². The number of aryl methyl sites for hydroxylation is 1. The van der Waals surface area contributed by atoms with Crippen LogP contribution in [0.5, 0.6) is 0 Å². The Labute approximate surface area is 247 Å². The second-order valence-corrected chi connectivity index (χ2v) is 11.1. The maximum atomic E-state index is 13.9. The van der Waals surface area contributed by atoms with Gasteiger partial charge in [-0.15, -0.1) is 0 Å². The molecule has 9 heteroatoms. The van der Waals surface area contributed by atoms with E-state index in [9.17, 15) is 19.1 Å². The van der Waals surface area contributed by atoms with E-state index in [0.29, 0.717) is 41.2 Å². The normalized spacial score (nSPS) is 15.3. The van der Waals surface area contributed by atoms with E-state index in [2.05, 4.69) is 39.7 Å². The topological polar surface area (TPSA) is 109 Å². The lowest BCUT2D eigenvalue weighted by atomic mass is 9.94. The first kappa shape index (κ1) is 31.2. The molecule has 8 nitrogen and oxygen atoms in total. The molecule has 0 saturated carbocycles. The number of aromatic nitrogens is 1. The van der Waals surface area contributed by atoms with Gasteiger partial charge in [-0.1, -0.05) is 26.0 Å². The number of rotatable bonds is 12. The van der Waals surface area contributed by atoms with Crippen LogP contribution in [0.4, 0.5) is 10.1 Å². The smallest absolute Gasteiger partial charge is 0.256 e. The van der Waals surface area contributed by atoms with Crippen LogP contribution in [0, 0.1) is 12.7 Å². The molecule has 224 valence electrons. The van der Waals surface area contributed by atoms with Gasteiger partial charge in [-0.2, -0.15) is 0 Å². The van der Waals surface area contributed by atoms with Crippen molar-refractivity contribution in [1.82, 2.24) is 20.5 Å². The first-order valence-corrected chi connectivity index (χ1v) is 14.6. The first-order chi connectivity index (χ1) is 20.0. The van der Waals surface area contributed by atoms with Gasteiger partial charge < -0.3 is 30.9 Å². The Kier molecular flexibility index (Phi) is 9.98. The SMILES string of the molecule is CCN(CC)CC(O)CNC(C)c1c(C)[nH]c(C=C2C(=O)Nc3ccc(C(=O)NC(C)C)cc32)c1-c1ccc(F)cc1. The zero-order chi connectivity index (χ0) is 30.6. The van der Waals surface area contributed by atoms with Crippen molar-refractivity contribution in [3.05, 3.63) is 76.4 Å². The molecule has 0 saturated heterocycles. The molecule has 3 aromatic rings. The number of likely N-dealkylation sites (N-methyl/N-ethyl adjacent to an activating group) is 1. The fraction of sp³-hybridized carbons (Fsp3) is 0.394. The predicted octanol–water partition coefficient (Wildman–Crippen LogP) is 5.11. The summed E-state index contributed by atoms with van der Waals surface area (Å²) in [6.07, 6.45) is 1.26. The van der Waals surface area contributed by atoms with Crippen molar-refractivity contribution in [2.24, 2.45) is 0 Å². The molecule has 2 unspecified atom stereocenters. The molecular formula is C33H42FN5O3. The molecule has 2 atom stereocenters. The summed E-state index contributed by atoms with van der Waals surface area (Å²) < 4.78 is 13.9. The van der Waals surface area contributed by atoms with Crippen molar-refractivity contribution in [1.29, 1.82) is 0 Å². The van der Waals surface area contributed by atoms with Crippen molar-refractivity contribution >= 4 is 29.2 Å². The molecule has 42 heavy (non-hydrogen) atoms. The van der Waals surface area contributed by atoms with Crippen LogP contribution < -0.4 is 16.0 Å². The number of anilines is 1. The first-order valence-electron chi connectivity index (χ1n) is 14.6. The Morgan fingerprint density at radius 2 is 1.79 bits per heavy atom. The average molecular weight is 576 g/mol. The van der Waals surface area contributed by atoms with Gasteiger partial charge in [0.25, 0.3) is 11.8 Å². The molecule has 0 radical (unpaired) electrons. The van der Waals surface area contributed by atoms with Gasteiger partial charge >= 0.3 is 0 Å². The van der Waals surface area contributed by atoms with Gasteiger partial charge in [-0.25, -0.2) is 4.39 Å². The number of fused-ring (bicyclic) bond motifs is 1. The van der Waals surface area contributed by atoms with Gasteiger partial charge in [-0.3, -0.25) is 9.59 Å². The van der Waals surface area contributed by atoms with E-state index in [1.165, 1.54) is 12.1 Å². The van der Waals surface area contributed by atoms with Crippen molar-refractivity contribution in [2.45, 2.75) is 59.7 Å². The number of benzene rings is 2. The van der Waals surface area contributed by atoms with Crippen LogP contribution in [0.3, 0.4) is 0 Å². The number of nitrogens with zero attached hydrogens (tertiary/aromatic N) is 1. The fourth-order valence-electron chi connectivity index (χ4n) is 5.46. The third-order valence-corrected chi connectivity index (χ3v) is 7.63. The summed E-state index contributed by atoms with van der Waals surface area (Å²) in [5.74, 6) is -0.815. The maximum absolute atomic E-state index is 13.9. The van der Waals surface area contributed by atoms with Crippen LogP contribution in [0.2, 0.25) is 0 Å². The molecule has 0 bridgehead atoms. The third kappa shape index (κ3) is 6.98. The minimum absolute atomic E-state index is 0.0203. The zero-order valence-corrected chi connectivity index (χ0v) is 25.3. The maximum Gasteiger partial charge on any atom is 0.256 e. The van der Waals surface area contributed by atoms with E-state index in [0.717, 1.165) is 35.5 Å². The van der Waals surface area contributed by atoms with E-state index in [1.54, 1.807) is 36.4 Å². The molecule has 0 spiro atoms. The highest BCUT2D eigenvalue weighted by atomic mass is 19.1. The van der Waals surface area contributed by atoms with Crippen molar-refractivity contribution in [2.75, 3.05) is 31.5 Å². The van der Waals surface area contributed by atoms with Crippen molar-refractivity contribution in [3.63, 3.8) is 0 Å². The van der Waals surface area contributed by atoms with E-state index in [-0.39, 0.29) is 29.7 Å². The number of aromatic amines is 1.